The van der Waals surface area contributed by atoms with Crippen LogP contribution in [0.2, 0.25) is 0 Å². The van der Waals surface area contributed by atoms with Crippen LogP contribution in [0.1, 0.15) is 176 Å². The Labute approximate surface area is 284 Å². The fourth-order valence-corrected chi connectivity index (χ4v) is 18.9. The fraction of sp³-hybridized carbons (Fsp3) is 0.800. The molecule has 0 N–H and O–H groups in total. The molecule has 2 unspecified atom stereocenters. The number of hydrogen-bond donors (Lipinski definition) is 0. The van der Waals surface area contributed by atoms with Crippen molar-refractivity contribution in [1.82, 2.24) is 0 Å². The molecule has 43 heavy (non-hydrogen) atoms. The molecule has 4 aliphatic rings. The average Bonchev–Trinajstić information content (AvgIpc) is 3.65. The first-order valence-electron chi connectivity index (χ1n) is 17.8. The standard InChI is InChI=1S/C33H56P2.C5H10.2CH3.Fe/c1-25(35(32(2,3)4)33(5,6)7)28-22-16-23-29(28)30-21-14-15-24-31(30)34(26-17-10-8-11-18-26)27-19-12-9-13-20-27;1-2-4-5-3-1;;;/h14-15,21,24-29H,8-13,16-20,22-23H2,1-7H3;1-5H2;2*1H3;/q;;2*-1;+2/t25-,28?,29?;;;;/m0..../s1. The normalized spacial score (nSPS) is 24.4. The van der Waals surface area contributed by atoms with Crippen molar-refractivity contribution in [2.45, 2.75) is 197 Å². The van der Waals surface area contributed by atoms with Crippen molar-refractivity contribution in [2.75, 3.05) is 0 Å². The Morgan fingerprint density at radius 3 is 1.44 bits per heavy atom. The second-order valence-corrected chi connectivity index (χ2v) is 23.0. The average molecular weight is 671 g/mol. The second kappa shape index (κ2) is 19.4. The molecule has 3 heteroatoms. The smallest absolute Gasteiger partial charge is 0.358 e. The summed E-state index contributed by atoms with van der Waals surface area (Å²) in [6.45, 7) is 17.9. The predicted molar refractivity (Wildman–Crippen MR) is 199 cm³/mol. The van der Waals surface area contributed by atoms with Gasteiger partial charge in [0.2, 0.25) is 0 Å². The molecule has 1 aromatic carbocycles. The summed E-state index contributed by atoms with van der Waals surface area (Å²) in [7, 11) is -0.0984. The van der Waals surface area contributed by atoms with E-state index in [9.17, 15) is 0 Å². The molecule has 5 rings (SSSR count). The van der Waals surface area contributed by atoms with Crippen LogP contribution in [0, 0.1) is 20.8 Å². The number of benzene rings is 1. The van der Waals surface area contributed by atoms with E-state index < -0.39 is 0 Å². The molecule has 0 radical (unpaired) electrons. The van der Waals surface area contributed by atoms with Crippen molar-refractivity contribution >= 4 is 21.1 Å². The molecule has 3 atom stereocenters. The first kappa shape index (κ1) is 41.6. The third kappa shape index (κ3) is 11.4. The van der Waals surface area contributed by atoms with Crippen LogP contribution in [-0.4, -0.2) is 27.3 Å². The van der Waals surface area contributed by atoms with E-state index in [0.29, 0.717) is 10.3 Å². The van der Waals surface area contributed by atoms with Crippen LogP contribution >= 0.6 is 15.8 Å². The topological polar surface area (TPSA) is 0 Å². The van der Waals surface area contributed by atoms with Crippen molar-refractivity contribution in [2.24, 2.45) is 5.92 Å². The second-order valence-electron chi connectivity index (χ2n) is 16.0. The van der Waals surface area contributed by atoms with E-state index in [4.69, 9.17) is 0 Å². The summed E-state index contributed by atoms with van der Waals surface area (Å²) in [5, 5.41) is 2.70. The molecule has 4 aliphatic carbocycles. The van der Waals surface area contributed by atoms with Gasteiger partial charge < -0.3 is 14.9 Å². The van der Waals surface area contributed by atoms with E-state index >= 15 is 0 Å². The molecule has 4 saturated carbocycles. The van der Waals surface area contributed by atoms with Crippen LogP contribution in [-0.2, 0) is 17.1 Å². The van der Waals surface area contributed by atoms with Crippen LogP contribution in [0.4, 0.5) is 0 Å². The third-order valence-corrected chi connectivity index (χ3v) is 18.5. The largest absolute Gasteiger partial charge is 2.00 e. The summed E-state index contributed by atoms with van der Waals surface area (Å²) in [5.74, 6) is 1.67. The Bertz CT molecular complexity index is 828. The van der Waals surface area contributed by atoms with E-state index in [1.807, 2.05) is 10.9 Å². The van der Waals surface area contributed by atoms with Gasteiger partial charge in [0.15, 0.2) is 0 Å². The van der Waals surface area contributed by atoms with Crippen LogP contribution in [0.15, 0.2) is 24.3 Å². The molecule has 0 aromatic heterocycles. The molecule has 0 nitrogen and oxygen atoms in total. The van der Waals surface area contributed by atoms with Gasteiger partial charge in [0.05, 0.1) is 0 Å². The van der Waals surface area contributed by atoms with Crippen molar-refractivity contribution in [3.05, 3.63) is 44.7 Å². The maximum Gasteiger partial charge on any atom is 2.00 e. The van der Waals surface area contributed by atoms with Crippen molar-refractivity contribution in [1.29, 1.82) is 0 Å². The first-order chi connectivity index (χ1) is 19.1. The monoisotopic (exact) mass is 670 g/mol. The zero-order valence-corrected chi connectivity index (χ0v) is 33.1. The van der Waals surface area contributed by atoms with Gasteiger partial charge in [0, 0.05) is 0 Å². The Morgan fingerprint density at radius 2 is 1.00 bits per heavy atom. The molecule has 0 bridgehead atoms. The SMILES string of the molecule is C1CCCC1.C[C@@H](C1CCCC1c1ccccc1P(C1CCCCC1)C1CCCCC1)P(C(C)(C)C)C(C)(C)C.[CH3-].[CH3-].[Fe+2]. The van der Waals surface area contributed by atoms with Gasteiger partial charge in [-0.2, -0.15) is 0 Å². The van der Waals surface area contributed by atoms with Gasteiger partial charge >= 0.3 is 17.1 Å². The summed E-state index contributed by atoms with van der Waals surface area (Å²) >= 11 is 0. The summed E-state index contributed by atoms with van der Waals surface area (Å²) in [4.78, 5) is 0. The maximum atomic E-state index is 2.67. The summed E-state index contributed by atoms with van der Waals surface area (Å²) in [6.07, 6.45) is 26.8. The molecule has 0 saturated heterocycles. The predicted octanol–water partition coefficient (Wildman–Crippen LogP) is 13.7. The van der Waals surface area contributed by atoms with Crippen molar-refractivity contribution in [3.63, 3.8) is 0 Å². The number of rotatable bonds is 6. The minimum atomic E-state index is -0.0759. The Kier molecular flexibility index (Phi) is 18.8. The van der Waals surface area contributed by atoms with Gasteiger partial charge in [-0.05, 0) is 88.5 Å². The van der Waals surface area contributed by atoms with Gasteiger partial charge in [-0.3, -0.25) is 0 Å². The van der Waals surface area contributed by atoms with E-state index in [2.05, 4.69) is 72.7 Å². The van der Waals surface area contributed by atoms with Gasteiger partial charge in [-0.1, -0.05) is 166 Å². The molecule has 0 aliphatic heterocycles. The van der Waals surface area contributed by atoms with Crippen LogP contribution in [0.5, 0.6) is 0 Å². The van der Waals surface area contributed by atoms with Gasteiger partial charge in [-0.15, -0.1) is 0 Å². The third-order valence-electron chi connectivity index (χ3n) is 10.8. The van der Waals surface area contributed by atoms with E-state index in [0.717, 1.165) is 28.8 Å². The molecule has 0 heterocycles. The summed E-state index contributed by atoms with van der Waals surface area (Å²) in [6, 6.07) is 10.1. The molecular weight excluding hydrogens is 598 g/mol. The van der Waals surface area contributed by atoms with Gasteiger partial charge in [-0.25, -0.2) is 0 Å². The van der Waals surface area contributed by atoms with Crippen molar-refractivity contribution < 1.29 is 17.1 Å². The zero-order chi connectivity index (χ0) is 28.8. The van der Waals surface area contributed by atoms with E-state index in [-0.39, 0.29) is 47.8 Å². The van der Waals surface area contributed by atoms with Gasteiger partial charge in [0.1, 0.15) is 0 Å². The van der Waals surface area contributed by atoms with E-state index in [1.54, 1.807) is 0 Å². The number of hydrogen-bond acceptors (Lipinski definition) is 0. The molecular formula is C40H72FeP2. The van der Waals surface area contributed by atoms with E-state index in [1.165, 1.54) is 116 Å². The first-order valence-corrected chi connectivity index (χ1v) is 20.6. The Hall–Kier alpha value is 0.599. The minimum absolute atomic E-state index is 0. The maximum absolute atomic E-state index is 2.67. The van der Waals surface area contributed by atoms with Crippen LogP contribution in [0.25, 0.3) is 0 Å². The van der Waals surface area contributed by atoms with Crippen molar-refractivity contribution in [3.8, 4) is 0 Å². The molecule has 1 aromatic rings. The summed E-state index contributed by atoms with van der Waals surface area (Å²) < 4.78 is 0. The minimum Gasteiger partial charge on any atom is -0.358 e. The Balaban J connectivity index is 0.00000105. The van der Waals surface area contributed by atoms with Crippen LogP contribution < -0.4 is 5.30 Å². The molecule has 0 spiro atoms. The molecule has 4 fully saturated rings. The fourth-order valence-electron chi connectivity index (χ4n) is 9.70. The molecule has 0 amide bonds. The molecule has 250 valence electrons. The Morgan fingerprint density at radius 1 is 0.581 bits per heavy atom. The van der Waals surface area contributed by atoms with Crippen LogP contribution in [0.3, 0.4) is 0 Å². The summed E-state index contributed by atoms with van der Waals surface area (Å²) in [5.41, 5.74) is 4.66. The zero-order valence-electron chi connectivity index (χ0n) is 30.2. The van der Waals surface area contributed by atoms with Gasteiger partial charge in [0.25, 0.3) is 0 Å². The quantitative estimate of drug-likeness (QED) is 0.161.